The number of carbonyl (C=O) groups excluding carboxylic acids is 1. The molecule has 0 saturated carbocycles. The highest BCUT2D eigenvalue weighted by Gasteiger charge is 2.17. The normalized spacial score (nSPS) is 11.6. The molecule has 0 spiro atoms. The van der Waals surface area contributed by atoms with Crippen LogP contribution < -0.4 is 9.47 Å². The van der Waals surface area contributed by atoms with E-state index in [0.29, 0.717) is 50.0 Å². The van der Waals surface area contributed by atoms with Crippen LogP contribution >= 0.6 is 22.9 Å². The summed E-state index contributed by atoms with van der Waals surface area (Å²) in [5, 5.41) is 0.875. The van der Waals surface area contributed by atoms with E-state index < -0.39 is 5.60 Å². The van der Waals surface area contributed by atoms with Crippen LogP contribution in [0, 0.1) is 0 Å². The predicted octanol–water partition coefficient (Wildman–Crippen LogP) is 4.21. The van der Waals surface area contributed by atoms with Crippen molar-refractivity contribution >= 4 is 39.1 Å². The van der Waals surface area contributed by atoms with Gasteiger partial charge in [0.1, 0.15) is 12.2 Å². The molecule has 8 heteroatoms. The number of aryl methyl sites for hydroxylation is 1. The number of esters is 1. The van der Waals surface area contributed by atoms with Gasteiger partial charge in [0.2, 0.25) is 0 Å². The van der Waals surface area contributed by atoms with Crippen molar-refractivity contribution in [1.82, 2.24) is 4.98 Å². The minimum atomic E-state index is -0.474. The summed E-state index contributed by atoms with van der Waals surface area (Å²) in [5.74, 6) is 1.49. The molecule has 2 rings (SSSR count). The van der Waals surface area contributed by atoms with Gasteiger partial charge in [0, 0.05) is 24.4 Å². The number of hydrogen-bond acceptors (Lipinski definition) is 7. The van der Waals surface area contributed by atoms with E-state index in [1.165, 1.54) is 11.3 Å². The lowest BCUT2D eigenvalue weighted by Gasteiger charge is -2.19. The molecule has 1 aromatic carbocycles. The Morgan fingerprint density at radius 3 is 2.63 bits per heavy atom. The molecule has 0 fully saturated rings. The van der Waals surface area contributed by atoms with E-state index in [0.717, 1.165) is 15.2 Å². The number of fused-ring (bicyclic) bond motifs is 1. The number of alkyl halides is 1. The zero-order chi connectivity index (χ0) is 19.9. The summed E-state index contributed by atoms with van der Waals surface area (Å²) in [5.41, 5.74) is 0.342. The minimum absolute atomic E-state index is 0.222. The number of halogens is 1. The summed E-state index contributed by atoms with van der Waals surface area (Å²) in [6.45, 7) is 6.92. The number of ether oxygens (including phenoxy) is 4. The molecule has 1 heterocycles. The number of hydrogen-bond donors (Lipinski definition) is 0. The summed E-state index contributed by atoms with van der Waals surface area (Å²) in [4.78, 5) is 16.5. The van der Waals surface area contributed by atoms with Crippen molar-refractivity contribution in [3.05, 3.63) is 17.1 Å². The van der Waals surface area contributed by atoms with Crippen molar-refractivity contribution in [3.63, 3.8) is 0 Å². The van der Waals surface area contributed by atoms with E-state index in [2.05, 4.69) is 4.98 Å². The zero-order valence-corrected chi connectivity index (χ0v) is 17.7. The molecule has 2 aromatic rings. The molecule has 0 atom stereocenters. The number of benzene rings is 1. The van der Waals surface area contributed by atoms with Crippen LogP contribution in [0.25, 0.3) is 10.2 Å². The Labute approximate surface area is 168 Å². The van der Waals surface area contributed by atoms with Crippen LogP contribution in [0.1, 0.15) is 32.2 Å². The summed E-state index contributed by atoms with van der Waals surface area (Å²) >= 11 is 7.10. The maximum absolute atomic E-state index is 11.9. The highest BCUT2D eigenvalue weighted by molar-refractivity contribution is 7.18. The molecule has 6 nitrogen and oxygen atoms in total. The molecule has 0 saturated heterocycles. The predicted molar refractivity (Wildman–Crippen MR) is 107 cm³/mol. The van der Waals surface area contributed by atoms with Crippen LogP contribution in [0.5, 0.6) is 11.5 Å². The van der Waals surface area contributed by atoms with Crippen LogP contribution in [-0.4, -0.2) is 49.4 Å². The lowest BCUT2D eigenvalue weighted by atomic mass is 10.2. The van der Waals surface area contributed by atoms with Gasteiger partial charge < -0.3 is 18.9 Å². The number of thiazole rings is 1. The second kappa shape index (κ2) is 10.1. The summed E-state index contributed by atoms with van der Waals surface area (Å²) < 4.78 is 22.8. The molecule has 0 aliphatic rings. The van der Waals surface area contributed by atoms with Crippen LogP contribution in [0.4, 0.5) is 0 Å². The third kappa shape index (κ3) is 7.16. The van der Waals surface area contributed by atoms with Crippen molar-refractivity contribution in [1.29, 1.82) is 0 Å². The third-order valence-corrected chi connectivity index (χ3v) is 4.62. The minimum Gasteiger partial charge on any atom is -0.493 e. The average molecular weight is 416 g/mol. The number of methoxy groups -OCH3 is 1. The largest absolute Gasteiger partial charge is 0.493 e. The van der Waals surface area contributed by atoms with Crippen molar-refractivity contribution in [3.8, 4) is 11.5 Å². The van der Waals surface area contributed by atoms with Crippen LogP contribution in [0.3, 0.4) is 0 Å². The molecular formula is C19H26ClNO5S. The smallest absolute Gasteiger partial charge is 0.306 e. The Balaban J connectivity index is 2.02. The number of aromatic nitrogens is 1. The van der Waals surface area contributed by atoms with Crippen LogP contribution in [0.2, 0.25) is 0 Å². The Morgan fingerprint density at radius 1 is 1.19 bits per heavy atom. The van der Waals surface area contributed by atoms with Gasteiger partial charge in [-0.05, 0) is 20.8 Å². The molecule has 150 valence electrons. The maximum Gasteiger partial charge on any atom is 0.306 e. The highest BCUT2D eigenvalue weighted by Crippen LogP contribution is 2.35. The highest BCUT2D eigenvalue weighted by atomic mass is 35.5. The van der Waals surface area contributed by atoms with Crippen molar-refractivity contribution in [2.24, 2.45) is 0 Å². The first kappa shape index (κ1) is 21.7. The summed E-state index contributed by atoms with van der Waals surface area (Å²) in [7, 11) is 1.60. The van der Waals surface area contributed by atoms with Gasteiger partial charge in [-0.25, -0.2) is 4.98 Å². The first-order chi connectivity index (χ1) is 12.8. The van der Waals surface area contributed by atoms with Crippen molar-refractivity contribution < 1.29 is 23.7 Å². The lowest BCUT2D eigenvalue weighted by Crippen LogP contribution is -2.23. The van der Waals surface area contributed by atoms with Crippen molar-refractivity contribution in [2.75, 3.05) is 32.8 Å². The first-order valence-corrected chi connectivity index (χ1v) is 10.1. The van der Waals surface area contributed by atoms with Crippen LogP contribution in [0.15, 0.2) is 12.1 Å². The van der Waals surface area contributed by atoms with Gasteiger partial charge in [0.05, 0.1) is 42.0 Å². The second-order valence-corrected chi connectivity index (χ2v) is 8.31. The fourth-order valence-corrected chi connectivity index (χ4v) is 3.42. The van der Waals surface area contributed by atoms with Crippen molar-refractivity contribution in [2.45, 2.75) is 39.2 Å². The number of nitrogens with zero attached hydrogens (tertiary/aromatic N) is 1. The van der Waals surface area contributed by atoms with E-state index in [1.807, 2.05) is 32.9 Å². The van der Waals surface area contributed by atoms with Gasteiger partial charge in [-0.3, -0.25) is 4.79 Å². The Hall–Kier alpha value is -1.57. The lowest BCUT2D eigenvalue weighted by molar-refractivity contribution is -0.154. The Morgan fingerprint density at radius 2 is 1.96 bits per heavy atom. The SMILES string of the molecule is COc1cc2sc(CCC(=O)OC(C)(C)C)nc2cc1OCCOCCCl. The third-order valence-electron chi connectivity index (χ3n) is 3.39. The van der Waals surface area contributed by atoms with Gasteiger partial charge in [-0.15, -0.1) is 22.9 Å². The summed E-state index contributed by atoms with van der Waals surface area (Å²) in [6.07, 6.45) is 0.842. The monoisotopic (exact) mass is 415 g/mol. The quantitative estimate of drug-likeness (QED) is 0.329. The average Bonchev–Trinajstić information content (AvgIpc) is 2.99. The molecule has 0 unspecified atom stereocenters. The maximum atomic E-state index is 11.9. The first-order valence-electron chi connectivity index (χ1n) is 8.78. The molecule has 0 bridgehead atoms. The van der Waals surface area contributed by atoms with Gasteiger partial charge in [0.25, 0.3) is 0 Å². The fourth-order valence-electron chi connectivity index (χ4n) is 2.33. The Bertz CT molecular complexity index is 756. The van der Waals surface area contributed by atoms with Gasteiger partial charge in [-0.2, -0.15) is 0 Å². The molecule has 27 heavy (non-hydrogen) atoms. The van der Waals surface area contributed by atoms with Gasteiger partial charge in [0.15, 0.2) is 11.5 Å². The zero-order valence-electron chi connectivity index (χ0n) is 16.2. The standard InChI is InChI=1S/C19H26ClNO5S/c1-19(2,3)26-18(22)6-5-17-21-13-11-15(25-10-9-24-8-7-20)14(23-4)12-16(13)27-17/h11-12H,5-10H2,1-4H3. The van der Waals surface area contributed by atoms with Gasteiger partial charge in [-0.1, -0.05) is 0 Å². The van der Waals surface area contributed by atoms with E-state index in [1.54, 1.807) is 7.11 Å². The number of carbonyl (C=O) groups is 1. The molecular weight excluding hydrogens is 390 g/mol. The molecule has 0 radical (unpaired) electrons. The van der Waals surface area contributed by atoms with E-state index in [-0.39, 0.29) is 5.97 Å². The van der Waals surface area contributed by atoms with Crippen LogP contribution in [-0.2, 0) is 20.7 Å². The fraction of sp³-hybridized carbons (Fsp3) is 0.579. The van der Waals surface area contributed by atoms with E-state index in [9.17, 15) is 4.79 Å². The summed E-state index contributed by atoms with van der Waals surface area (Å²) in [6, 6.07) is 3.75. The molecule has 0 aliphatic heterocycles. The molecule has 1 aromatic heterocycles. The molecule has 0 N–H and O–H groups in total. The van der Waals surface area contributed by atoms with E-state index >= 15 is 0 Å². The topological polar surface area (TPSA) is 66.9 Å². The molecule has 0 amide bonds. The number of rotatable bonds is 10. The molecule has 0 aliphatic carbocycles. The van der Waals surface area contributed by atoms with Gasteiger partial charge >= 0.3 is 5.97 Å². The second-order valence-electron chi connectivity index (χ2n) is 6.81. The Kier molecular flexibility index (Phi) is 8.13. The van der Waals surface area contributed by atoms with E-state index in [4.69, 9.17) is 30.5 Å².